The van der Waals surface area contributed by atoms with E-state index in [0.717, 1.165) is 11.3 Å². The molecule has 2 rings (SSSR count). The Morgan fingerprint density at radius 3 is 2.74 bits per heavy atom. The van der Waals surface area contributed by atoms with Crippen molar-refractivity contribution in [2.24, 2.45) is 0 Å². The van der Waals surface area contributed by atoms with E-state index in [4.69, 9.17) is 0 Å². The predicted molar refractivity (Wildman–Crippen MR) is 77.3 cm³/mol. The molecule has 1 atom stereocenters. The lowest BCUT2D eigenvalue weighted by Crippen LogP contribution is -2.09. The first-order valence-corrected chi connectivity index (χ1v) is 6.57. The van der Waals surface area contributed by atoms with Gasteiger partial charge in [-0.3, -0.25) is 0 Å². The number of nitrogens with one attached hydrogen (secondary N) is 1. The number of nitriles is 1. The van der Waals surface area contributed by atoms with Gasteiger partial charge >= 0.3 is 0 Å². The highest BCUT2D eigenvalue weighted by Gasteiger charge is 2.14. The summed E-state index contributed by atoms with van der Waals surface area (Å²) in [5.74, 6) is -0.357. The maximum Gasteiger partial charge on any atom is 0.141 e. The van der Waals surface area contributed by atoms with E-state index in [-0.39, 0.29) is 5.82 Å². The number of nitrogens with zero attached hydrogens (tertiary/aromatic N) is 1. The van der Waals surface area contributed by atoms with Gasteiger partial charge in [-0.2, -0.15) is 5.26 Å². The lowest BCUT2D eigenvalue weighted by molar-refractivity contribution is 0.624. The van der Waals surface area contributed by atoms with Crippen LogP contribution in [0.4, 0.5) is 10.1 Å². The maximum absolute atomic E-state index is 13.3. The van der Waals surface area contributed by atoms with Gasteiger partial charge in [0.25, 0.3) is 0 Å². The van der Waals surface area contributed by atoms with Crippen molar-refractivity contribution in [1.29, 1.82) is 5.26 Å². The van der Waals surface area contributed by atoms with Crippen molar-refractivity contribution in [3.05, 3.63) is 63.9 Å². The minimum absolute atomic E-state index is 0.357. The molecule has 0 saturated carbocycles. The highest BCUT2D eigenvalue weighted by atomic mass is 79.9. The van der Waals surface area contributed by atoms with Gasteiger partial charge in [-0.15, -0.1) is 0 Å². The summed E-state index contributed by atoms with van der Waals surface area (Å²) in [6.45, 7) is 1.98. The van der Waals surface area contributed by atoms with Crippen LogP contribution in [0, 0.1) is 24.1 Å². The van der Waals surface area contributed by atoms with Crippen molar-refractivity contribution < 1.29 is 4.39 Å². The van der Waals surface area contributed by atoms with Crippen molar-refractivity contribution in [1.82, 2.24) is 0 Å². The third kappa shape index (κ3) is 3.33. The van der Waals surface area contributed by atoms with Crippen LogP contribution in [0.5, 0.6) is 0 Å². The summed E-state index contributed by atoms with van der Waals surface area (Å²) in [5.41, 5.74) is 2.52. The standard InChI is InChI=1S/C15H12BrFN2/c1-10-3-2-4-12(7-10)19-15(9-18)13-8-11(17)5-6-14(13)16/h2-8,15,19H,1H3. The average molecular weight is 319 g/mol. The van der Waals surface area contributed by atoms with E-state index >= 15 is 0 Å². The molecule has 0 heterocycles. The second-order valence-corrected chi connectivity index (χ2v) is 5.10. The van der Waals surface area contributed by atoms with Crippen LogP contribution in [0.25, 0.3) is 0 Å². The van der Waals surface area contributed by atoms with Gasteiger partial charge in [0, 0.05) is 15.7 Å². The van der Waals surface area contributed by atoms with Gasteiger partial charge in [0.2, 0.25) is 0 Å². The second-order valence-electron chi connectivity index (χ2n) is 4.24. The third-order valence-electron chi connectivity index (χ3n) is 2.73. The van der Waals surface area contributed by atoms with Crippen molar-refractivity contribution in [3.63, 3.8) is 0 Å². The molecule has 0 aliphatic heterocycles. The first kappa shape index (κ1) is 13.6. The monoisotopic (exact) mass is 318 g/mol. The molecular weight excluding hydrogens is 307 g/mol. The smallest absolute Gasteiger partial charge is 0.141 e. The largest absolute Gasteiger partial charge is 0.366 e. The molecule has 0 aliphatic carbocycles. The van der Waals surface area contributed by atoms with Crippen LogP contribution in [0.1, 0.15) is 17.2 Å². The fraction of sp³-hybridized carbons (Fsp3) is 0.133. The summed E-state index contributed by atoms with van der Waals surface area (Å²) < 4.78 is 14.0. The Hall–Kier alpha value is -1.86. The highest BCUT2D eigenvalue weighted by Crippen LogP contribution is 2.27. The van der Waals surface area contributed by atoms with Crippen molar-refractivity contribution >= 4 is 21.6 Å². The first-order valence-electron chi connectivity index (χ1n) is 5.78. The first-order chi connectivity index (χ1) is 9.10. The molecule has 0 aromatic heterocycles. The molecule has 0 spiro atoms. The van der Waals surface area contributed by atoms with Gasteiger partial charge in [-0.1, -0.05) is 28.1 Å². The number of benzene rings is 2. The fourth-order valence-corrected chi connectivity index (χ4v) is 2.29. The Bertz CT molecular complexity index is 634. The fourth-order valence-electron chi connectivity index (χ4n) is 1.82. The zero-order valence-electron chi connectivity index (χ0n) is 10.3. The molecule has 1 unspecified atom stereocenters. The number of hydrogen-bond donors (Lipinski definition) is 1. The highest BCUT2D eigenvalue weighted by molar-refractivity contribution is 9.10. The third-order valence-corrected chi connectivity index (χ3v) is 3.45. The van der Waals surface area contributed by atoms with Gasteiger partial charge < -0.3 is 5.32 Å². The van der Waals surface area contributed by atoms with Gasteiger partial charge in [-0.25, -0.2) is 4.39 Å². The molecule has 19 heavy (non-hydrogen) atoms. The number of halogens is 2. The molecule has 2 aromatic carbocycles. The number of aryl methyl sites for hydroxylation is 1. The Kier molecular flexibility index (Phi) is 4.18. The number of rotatable bonds is 3. The van der Waals surface area contributed by atoms with Gasteiger partial charge in [0.1, 0.15) is 11.9 Å². The molecule has 0 radical (unpaired) electrons. The van der Waals surface area contributed by atoms with E-state index in [0.29, 0.717) is 10.0 Å². The summed E-state index contributed by atoms with van der Waals surface area (Å²) in [4.78, 5) is 0. The summed E-state index contributed by atoms with van der Waals surface area (Å²) in [7, 11) is 0. The molecule has 0 fully saturated rings. The van der Waals surface area contributed by atoms with E-state index in [1.807, 2.05) is 31.2 Å². The van der Waals surface area contributed by atoms with Crippen LogP contribution in [-0.4, -0.2) is 0 Å². The van der Waals surface area contributed by atoms with Crippen molar-refractivity contribution in [2.75, 3.05) is 5.32 Å². The van der Waals surface area contributed by atoms with Crippen molar-refractivity contribution in [3.8, 4) is 6.07 Å². The lowest BCUT2D eigenvalue weighted by Gasteiger charge is -2.15. The zero-order chi connectivity index (χ0) is 13.8. The van der Waals surface area contributed by atoms with Crippen LogP contribution in [0.2, 0.25) is 0 Å². The van der Waals surface area contributed by atoms with Gasteiger partial charge in [-0.05, 0) is 42.8 Å². The van der Waals surface area contributed by atoms with E-state index in [1.165, 1.54) is 12.1 Å². The molecule has 0 aliphatic rings. The molecular formula is C15H12BrFN2. The lowest BCUT2D eigenvalue weighted by atomic mass is 10.1. The minimum atomic E-state index is -0.605. The normalized spacial score (nSPS) is 11.7. The quantitative estimate of drug-likeness (QED) is 0.899. The van der Waals surface area contributed by atoms with Gasteiger partial charge in [0.05, 0.1) is 6.07 Å². The Morgan fingerprint density at radius 1 is 1.26 bits per heavy atom. The van der Waals surface area contributed by atoms with E-state index in [2.05, 4.69) is 27.3 Å². The van der Waals surface area contributed by atoms with E-state index in [9.17, 15) is 9.65 Å². The average Bonchev–Trinajstić information content (AvgIpc) is 2.39. The molecule has 2 aromatic rings. The second kappa shape index (κ2) is 5.85. The van der Waals surface area contributed by atoms with Crippen molar-refractivity contribution in [2.45, 2.75) is 13.0 Å². The Labute approximate surface area is 120 Å². The number of hydrogen-bond acceptors (Lipinski definition) is 2. The molecule has 0 bridgehead atoms. The zero-order valence-corrected chi connectivity index (χ0v) is 11.9. The topological polar surface area (TPSA) is 35.8 Å². The minimum Gasteiger partial charge on any atom is -0.366 e. The van der Waals surface area contributed by atoms with Crippen LogP contribution in [0.15, 0.2) is 46.9 Å². The summed E-state index contributed by atoms with van der Waals surface area (Å²) >= 11 is 3.34. The SMILES string of the molecule is Cc1cccc(NC(C#N)c2cc(F)ccc2Br)c1. The molecule has 96 valence electrons. The molecule has 0 amide bonds. The van der Waals surface area contributed by atoms with Crippen LogP contribution < -0.4 is 5.32 Å². The number of anilines is 1. The molecule has 2 nitrogen and oxygen atoms in total. The van der Waals surface area contributed by atoms with Crippen LogP contribution in [0.3, 0.4) is 0 Å². The maximum atomic E-state index is 13.3. The summed E-state index contributed by atoms with van der Waals surface area (Å²) in [6, 6.07) is 13.6. The van der Waals surface area contributed by atoms with Gasteiger partial charge in [0.15, 0.2) is 0 Å². The molecule has 4 heteroatoms. The van der Waals surface area contributed by atoms with E-state index in [1.54, 1.807) is 6.07 Å². The molecule has 0 saturated heterocycles. The molecule has 1 N–H and O–H groups in total. The summed E-state index contributed by atoms with van der Waals surface area (Å²) in [6.07, 6.45) is 0. The van der Waals surface area contributed by atoms with Crippen LogP contribution in [-0.2, 0) is 0 Å². The Balaban J connectivity index is 2.31. The summed E-state index contributed by atoms with van der Waals surface area (Å²) in [5, 5.41) is 12.4. The van der Waals surface area contributed by atoms with E-state index < -0.39 is 6.04 Å². The van der Waals surface area contributed by atoms with Crippen LogP contribution >= 0.6 is 15.9 Å². The predicted octanol–water partition coefficient (Wildman–Crippen LogP) is 4.57. The Morgan fingerprint density at radius 2 is 2.05 bits per heavy atom.